The molecule has 1 aromatic carbocycles. The summed E-state index contributed by atoms with van der Waals surface area (Å²) < 4.78 is 103. The normalized spacial score (nSPS) is 22.4. The van der Waals surface area contributed by atoms with Crippen LogP contribution in [0.2, 0.25) is 0 Å². The Morgan fingerprint density at radius 2 is 1.85 bits per heavy atom. The van der Waals surface area contributed by atoms with Gasteiger partial charge in [0.25, 0.3) is 11.8 Å². The number of anilines is 1. The minimum atomic E-state index is -5.04. The SMILES string of the molecule is CC1(O)CN(c2nc3nc([C@H](Cc4cc(F)cc(F)c4)NC(=O)Cn4nc(C(F)(F)F)c5c4C(F)(F)[C@@H]4C[C@H]54)c(C4=CN5C(=O)CN=C5C=C4)cc3s2)C1. The van der Waals surface area contributed by atoms with Gasteiger partial charge in [0.1, 0.15) is 36.3 Å². The fraction of sp³-hybridized carbons (Fsp3) is 0.371. The Bertz CT molecular complexity index is 2370. The zero-order valence-corrected chi connectivity index (χ0v) is 28.8. The van der Waals surface area contributed by atoms with Crippen molar-refractivity contribution >= 4 is 50.0 Å². The van der Waals surface area contributed by atoms with Crippen LogP contribution in [0.25, 0.3) is 15.9 Å². The highest BCUT2D eigenvalue weighted by Crippen LogP contribution is 2.68. The molecule has 0 unspecified atom stereocenters. The van der Waals surface area contributed by atoms with E-state index in [4.69, 9.17) is 4.98 Å². The van der Waals surface area contributed by atoms with Crippen LogP contribution in [0.15, 0.2) is 47.6 Å². The first-order valence-corrected chi connectivity index (χ1v) is 17.6. The van der Waals surface area contributed by atoms with E-state index in [1.807, 2.05) is 4.90 Å². The molecule has 19 heteroatoms. The number of carbonyl (C=O) groups excluding carboxylic acids is 2. The van der Waals surface area contributed by atoms with E-state index in [1.54, 1.807) is 25.1 Å². The first kappa shape index (κ1) is 34.6. The molecule has 3 aromatic heterocycles. The first-order chi connectivity index (χ1) is 25.4. The third-order valence-electron chi connectivity index (χ3n) is 10.1. The van der Waals surface area contributed by atoms with Gasteiger partial charge in [-0.25, -0.2) is 13.8 Å². The van der Waals surface area contributed by atoms with Crippen molar-refractivity contribution in [2.45, 2.75) is 56.0 Å². The number of aliphatic hydroxyl groups is 1. The van der Waals surface area contributed by atoms with Gasteiger partial charge in [-0.3, -0.25) is 24.2 Å². The van der Waals surface area contributed by atoms with Crippen LogP contribution in [0.3, 0.4) is 0 Å². The quantitative estimate of drug-likeness (QED) is 0.235. The summed E-state index contributed by atoms with van der Waals surface area (Å²) in [6.45, 7) is 1.18. The van der Waals surface area contributed by atoms with Crippen LogP contribution >= 0.6 is 11.3 Å². The smallest absolute Gasteiger partial charge is 0.386 e. The van der Waals surface area contributed by atoms with Crippen LogP contribution in [0, 0.1) is 17.6 Å². The molecule has 2 fully saturated rings. The molecule has 54 heavy (non-hydrogen) atoms. The number of aliphatic imine (C=N–C) groups is 1. The second kappa shape index (κ2) is 11.7. The van der Waals surface area contributed by atoms with Crippen molar-refractivity contribution in [3.63, 3.8) is 0 Å². The van der Waals surface area contributed by atoms with E-state index < -0.39 is 76.6 Å². The lowest BCUT2D eigenvalue weighted by molar-refractivity contribution is -0.142. The van der Waals surface area contributed by atoms with Gasteiger partial charge in [0, 0.05) is 34.9 Å². The number of thiazole rings is 1. The Hall–Kier alpha value is -5.17. The van der Waals surface area contributed by atoms with Gasteiger partial charge in [-0.15, -0.1) is 0 Å². The highest BCUT2D eigenvalue weighted by atomic mass is 32.1. The lowest BCUT2D eigenvalue weighted by Gasteiger charge is -2.43. The number of alkyl halides is 5. The van der Waals surface area contributed by atoms with Crippen LogP contribution in [0.5, 0.6) is 0 Å². The van der Waals surface area contributed by atoms with E-state index >= 15 is 8.78 Å². The molecule has 2 amide bonds. The number of nitrogens with one attached hydrogen (secondary N) is 1. The maximum absolute atomic E-state index is 15.3. The van der Waals surface area contributed by atoms with E-state index in [-0.39, 0.29) is 42.2 Å². The van der Waals surface area contributed by atoms with Gasteiger partial charge in [0.15, 0.2) is 16.5 Å². The highest BCUT2D eigenvalue weighted by molar-refractivity contribution is 7.22. The average Bonchev–Trinajstić information content (AvgIpc) is 3.31. The third kappa shape index (κ3) is 5.75. The van der Waals surface area contributed by atoms with Crippen molar-refractivity contribution in [3.05, 3.63) is 88.0 Å². The van der Waals surface area contributed by atoms with Gasteiger partial charge in [0.05, 0.1) is 35.1 Å². The molecule has 1 saturated carbocycles. The fourth-order valence-corrected chi connectivity index (χ4v) is 8.71. The van der Waals surface area contributed by atoms with E-state index in [1.165, 1.54) is 22.4 Å². The highest BCUT2D eigenvalue weighted by Gasteiger charge is 2.68. The van der Waals surface area contributed by atoms with E-state index in [2.05, 4.69) is 20.4 Å². The minimum Gasteiger partial charge on any atom is -0.386 e. The van der Waals surface area contributed by atoms with Crippen molar-refractivity contribution in [2.75, 3.05) is 24.5 Å². The minimum absolute atomic E-state index is 0.0655. The summed E-state index contributed by atoms with van der Waals surface area (Å²) in [6, 6.07) is 3.16. The molecule has 2 aliphatic carbocycles. The Balaban J connectivity index is 1.14. The predicted octanol–water partition coefficient (Wildman–Crippen LogP) is 5.22. The number of amides is 2. The molecule has 1 saturated heterocycles. The van der Waals surface area contributed by atoms with Gasteiger partial charge in [-0.2, -0.15) is 32.0 Å². The van der Waals surface area contributed by atoms with Crippen LogP contribution in [0.4, 0.5) is 35.9 Å². The zero-order chi connectivity index (χ0) is 38.1. The number of pyridine rings is 1. The number of hydrogen-bond acceptors (Lipinski definition) is 9. The molecule has 3 atom stereocenters. The zero-order valence-electron chi connectivity index (χ0n) is 28.0. The second-order valence-corrected chi connectivity index (χ2v) is 15.4. The molecule has 0 spiro atoms. The number of benzene rings is 1. The standard InChI is InChI=1S/C35H27F7N8O3S/c1-33(53)13-48(14-33)32-46-31-23(54-32)9-19(16-2-3-24-43-10-26(52)49(24)11-16)28(45-31)22(6-15-4-17(36)7-18(37)5-15)44-25(51)12-50-30-27(29(47-50)35(40,41)42)20-8-21(20)34(30,38)39/h2-5,7,9,11,20-22,53H,6,8,10,12-14H2,1H3,(H,44,51)/t20-,21+,22-/m0/s1. The maximum atomic E-state index is 15.3. The van der Waals surface area contributed by atoms with Gasteiger partial charge < -0.3 is 15.3 Å². The summed E-state index contributed by atoms with van der Waals surface area (Å²) in [7, 11) is 0. The molecule has 0 bridgehead atoms. The van der Waals surface area contributed by atoms with Crippen LogP contribution in [-0.2, 0) is 34.7 Å². The summed E-state index contributed by atoms with van der Waals surface area (Å²) in [4.78, 5) is 43.2. The summed E-state index contributed by atoms with van der Waals surface area (Å²) in [5, 5.41) is 17.0. The van der Waals surface area contributed by atoms with Crippen LogP contribution in [0.1, 0.15) is 59.1 Å². The average molecular weight is 773 g/mol. The number of amidine groups is 1. The van der Waals surface area contributed by atoms with Crippen molar-refractivity contribution < 1.29 is 45.4 Å². The van der Waals surface area contributed by atoms with Crippen molar-refractivity contribution in [2.24, 2.45) is 10.9 Å². The van der Waals surface area contributed by atoms with E-state index in [0.29, 0.717) is 50.6 Å². The Kier molecular flexibility index (Phi) is 7.47. The molecular weight excluding hydrogens is 745 g/mol. The van der Waals surface area contributed by atoms with E-state index in [0.717, 1.165) is 12.1 Å². The second-order valence-electron chi connectivity index (χ2n) is 14.4. The predicted molar refractivity (Wildman–Crippen MR) is 179 cm³/mol. The number of allylic oxidation sites excluding steroid dienone is 2. The number of halogens is 7. The van der Waals surface area contributed by atoms with Crippen LogP contribution in [-0.4, -0.2) is 72.6 Å². The monoisotopic (exact) mass is 772 g/mol. The number of carbonyl (C=O) groups is 2. The van der Waals surface area contributed by atoms with Crippen molar-refractivity contribution in [1.82, 2.24) is 30.0 Å². The van der Waals surface area contributed by atoms with Gasteiger partial charge in [-0.1, -0.05) is 11.3 Å². The lowest BCUT2D eigenvalue weighted by Crippen LogP contribution is -2.60. The molecule has 2 N–H and O–H groups in total. The molecule has 6 heterocycles. The van der Waals surface area contributed by atoms with Crippen molar-refractivity contribution in [1.29, 1.82) is 0 Å². The lowest BCUT2D eigenvalue weighted by atomic mass is 9.94. The molecule has 280 valence electrons. The maximum Gasteiger partial charge on any atom is 0.435 e. The number of nitrogens with zero attached hydrogens (tertiary/aromatic N) is 7. The number of rotatable bonds is 8. The molecule has 11 nitrogen and oxygen atoms in total. The Morgan fingerprint density at radius 3 is 2.56 bits per heavy atom. The molecule has 4 aromatic rings. The Morgan fingerprint density at radius 1 is 1.11 bits per heavy atom. The van der Waals surface area contributed by atoms with Gasteiger partial charge in [-0.05, 0) is 61.6 Å². The molecule has 9 rings (SSSR count). The van der Waals surface area contributed by atoms with Crippen molar-refractivity contribution in [3.8, 4) is 0 Å². The molecule has 5 aliphatic rings. The largest absolute Gasteiger partial charge is 0.435 e. The molecule has 3 aliphatic heterocycles. The number of fused-ring (bicyclic) bond motifs is 5. The Labute approximate surface area is 304 Å². The topological polar surface area (TPSA) is 129 Å². The number of β-amino-alcohol motifs (C(OH)–C–C–N with tert-alkyl or cyclic N) is 1. The fourth-order valence-electron chi connectivity index (χ4n) is 7.76. The van der Waals surface area contributed by atoms with Gasteiger partial charge >= 0.3 is 6.18 Å². The summed E-state index contributed by atoms with van der Waals surface area (Å²) in [5.41, 5.74) is -2.78. The third-order valence-corrected chi connectivity index (χ3v) is 11.2. The van der Waals surface area contributed by atoms with Gasteiger partial charge in [0.2, 0.25) is 5.91 Å². The molecular formula is C35H27F7N8O3S. The summed E-state index contributed by atoms with van der Waals surface area (Å²) >= 11 is 1.27. The summed E-state index contributed by atoms with van der Waals surface area (Å²) in [5.74, 6) is -8.76. The van der Waals surface area contributed by atoms with E-state index in [9.17, 15) is 36.6 Å². The van der Waals surface area contributed by atoms with Crippen LogP contribution < -0.4 is 10.2 Å². The number of hydrogen-bond donors (Lipinski definition) is 2. The number of aromatic nitrogens is 4. The first-order valence-electron chi connectivity index (χ1n) is 16.8. The summed E-state index contributed by atoms with van der Waals surface area (Å²) in [6.07, 6.45) is -0.691. The molecule has 0 radical (unpaired) electrons.